The SMILES string of the molecule is CC/C=C\C/C=C\C/C=C\C/C=C\C/C=C\CC(=O)OC(COC(=O)CCCCCCCCCCC)COC(=O)CCCCCCCCCCCCCCCCCC/C=C\C/C=C\C/C=C\C/C=C\CC. The van der Waals surface area contributed by atoms with Gasteiger partial charge in [0, 0.05) is 12.8 Å². The molecule has 6 heteroatoms. The van der Waals surface area contributed by atoms with Gasteiger partial charge in [-0.3, -0.25) is 14.4 Å². The minimum Gasteiger partial charge on any atom is -0.462 e. The molecule has 1 atom stereocenters. The highest BCUT2D eigenvalue weighted by molar-refractivity contribution is 5.72. The molecule has 0 saturated heterocycles. The molecule has 0 amide bonds. The fourth-order valence-electron chi connectivity index (χ4n) is 7.98. The van der Waals surface area contributed by atoms with Crippen molar-refractivity contribution in [3.8, 4) is 0 Å². The van der Waals surface area contributed by atoms with Crippen molar-refractivity contribution in [1.29, 1.82) is 0 Å². The van der Waals surface area contributed by atoms with Gasteiger partial charge in [0.2, 0.25) is 0 Å². The van der Waals surface area contributed by atoms with Crippen LogP contribution < -0.4 is 0 Å². The summed E-state index contributed by atoms with van der Waals surface area (Å²) in [4.78, 5) is 37.9. The number of ether oxygens (including phenoxy) is 3. The van der Waals surface area contributed by atoms with Crippen LogP contribution in [0, 0.1) is 0 Å². The second-order valence-electron chi connectivity index (χ2n) is 19.2. The molecule has 71 heavy (non-hydrogen) atoms. The second-order valence-corrected chi connectivity index (χ2v) is 19.2. The lowest BCUT2D eigenvalue weighted by atomic mass is 10.0. The first-order valence-corrected chi connectivity index (χ1v) is 29.4. The molecule has 0 saturated carbocycles. The molecule has 404 valence electrons. The monoisotopic (exact) mass is 985 g/mol. The topological polar surface area (TPSA) is 78.9 Å². The van der Waals surface area contributed by atoms with Crippen LogP contribution in [0.2, 0.25) is 0 Å². The van der Waals surface area contributed by atoms with Gasteiger partial charge in [-0.05, 0) is 83.5 Å². The third kappa shape index (κ3) is 56.9. The van der Waals surface area contributed by atoms with Crippen LogP contribution in [0.5, 0.6) is 0 Å². The van der Waals surface area contributed by atoms with E-state index in [-0.39, 0.29) is 31.6 Å². The molecule has 0 N–H and O–H groups in total. The van der Waals surface area contributed by atoms with E-state index in [9.17, 15) is 14.4 Å². The van der Waals surface area contributed by atoms with Crippen LogP contribution in [0.1, 0.15) is 265 Å². The number of esters is 3. The van der Waals surface area contributed by atoms with Gasteiger partial charge in [0.25, 0.3) is 0 Å². The first-order valence-electron chi connectivity index (χ1n) is 29.4. The van der Waals surface area contributed by atoms with Crippen molar-refractivity contribution in [1.82, 2.24) is 0 Å². The predicted molar refractivity (Wildman–Crippen MR) is 307 cm³/mol. The molecule has 0 fully saturated rings. The molecule has 0 spiro atoms. The molecule has 1 unspecified atom stereocenters. The average molecular weight is 986 g/mol. The summed E-state index contributed by atoms with van der Waals surface area (Å²) >= 11 is 0. The van der Waals surface area contributed by atoms with E-state index in [1.54, 1.807) is 6.08 Å². The van der Waals surface area contributed by atoms with Crippen LogP contribution in [-0.2, 0) is 28.6 Å². The van der Waals surface area contributed by atoms with Crippen molar-refractivity contribution in [3.63, 3.8) is 0 Å². The fourth-order valence-corrected chi connectivity index (χ4v) is 7.98. The summed E-state index contributed by atoms with van der Waals surface area (Å²) in [5.74, 6) is -1.05. The van der Waals surface area contributed by atoms with Crippen molar-refractivity contribution in [2.75, 3.05) is 13.2 Å². The van der Waals surface area contributed by atoms with Crippen molar-refractivity contribution < 1.29 is 28.6 Å². The molecular weight excluding hydrogens is 877 g/mol. The first-order chi connectivity index (χ1) is 35.0. The lowest BCUT2D eigenvalue weighted by molar-refractivity contribution is -0.166. The number of hydrogen-bond donors (Lipinski definition) is 0. The Labute approximate surface area is 438 Å². The van der Waals surface area contributed by atoms with E-state index in [2.05, 4.69) is 118 Å². The second kappa shape index (κ2) is 58.6. The Hall–Kier alpha value is -3.93. The molecule has 0 aliphatic rings. The van der Waals surface area contributed by atoms with Gasteiger partial charge >= 0.3 is 17.9 Å². The molecule has 0 aromatic rings. The van der Waals surface area contributed by atoms with Crippen molar-refractivity contribution >= 4 is 17.9 Å². The van der Waals surface area contributed by atoms with E-state index in [0.29, 0.717) is 12.8 Å². The molecule has 0 rings (SSSR count). The van der Waals surface area contributed by atoms with Gasteiger partial charge in [0.1, 0.15) is 13.2 Å². The Bertz CT molecular complexity index is 1460. The Morgan fingerprint density at radius 1 is 0.310 bits per heavy atom. The number of carbonyl (C=O) groups is 3. The smallest absolute Gasteiger partial charge is 0.310 e. The van der Waals surface area contributed by atoms with E-state index in [4.69, 9.17) is 14.2 Å². The molecule has 0 aromatic carbocycles. The fraction of sp³-hybridized carbons (Fsp3) is 0.677. The highest BCUT2D eigenvalue weighted by atomic mass is 16.6. The van der Waals surface area contributed by atoms with E-state index in [1.807, 2.05) is 6.08 Å². The van der Waals surface area contributed by atoms with Crippen LogP contribution in [-0.4, -0.2) is 37.2 Å². The normalized spacial score (nSPS) is 12.9. The summed E-state index contributed by atoms with van der Waals surface area (Å²) in [7, 11) is 0. The van der Waals surface area contributed by atoms with Gasteiger partial charge in [-0.1, -0.05) is 271 Å². The molecule has 0 radical (unpaired) electrons. The van der Waals surface area contributed by atoms with Gasteiger partial charge in [-0.25, -0.2) is 0 Å². The maximum absolute atomic E-state index is 12.7. The first kappa shape index (κ1) is 67.1. The van der Waals surface area contributed by atoms with Crippen LogP contribution in [0.15, 0.2) is 109 Å². The number of unbranched alkanes of at least 4 members (excludes halogenated alkanes) is 24. The summed E-state index contributed by atoms with van der Waals surface area (Å²) in [5.41, 5.74) is 0. The Morgan fingerprint density at radius 3 is 0.930 bits per heavy atom. The highest BCUT2D eigenvalue weighted by Crippen LogP contribution is 2.16. The zero-order valence-electron chi connectivity index (χ0n) is 46.2. The number of hydrogen-bond acceptors (Lipinski definition) is 6. The van der Waals surface area contributed by atoms with Gasteiger partial charge in [0.15, 0.2) is 6.10 Å². The van der Waals surface area contributed by atoms with Crippen molar-refractivity contribution in [3.05, 3.63) is 109 Å². The molecule has 6 nitrogen and oxygen atoms in total. The summed E-state index contributed by atoms with van der Waals surface area (Å²) in [6.07, 6.45) is 79.9. The van der Waals surface area contributed by atoms with Crippen LogP contribution in [0.25, 0.3) is 0 Å². The maximum atomic E-state index is 12.7. The van der Waals surface area contributed by atoms with E-state index < -0.39 is 12.1 Å². The highest BCUT2D eigenvalue weighted by Gasteiger charge is 2.19. The Kier molecular flexibility index (Phi) is 55.4. The lowest BCUT2D eigenvalue weighted by Crippen LogP contribution is -2.30. The molecule has 0 heterocycles. The van der Waals surface area contributed by atoms with Gasteiger partial charge < -0.3 is 14.2 Å². The van der Waals surface area contributed by atoms with Crippen LogP contribution in [0.3, 0.4) is 0 Å². The summed E-state index contributed by atoms with van der Waals surface area (Å²) in [6.45, 7) is 6.31. The molecule has 0 aliphatic heterocycles. The summed E-state index contributed by atoms with van der Waals surface area (Å²) in [5, 5.41) is 0. The zero-order valence-corrected chi connectivity index (χ0v) is 46.2. The number of rotatable bonds is 52. The molecule has 0 aromatic heterocycles. The standard InChI is InChI=1S/C65H108O6/c1-4-7-10-13-16-19-21-23-25-26-27-28-29-30-31-32-33-34-35-36-37-38-40-41-43-46-49-52-55-58-64(67)70-61-62(60-69-63(66)57-54-51-48-45-18-15-12-9-6-3)71-65(68)59-56-53-50-47-44-42-39-24-22-20-17-14-11-8-5-2/h7-8,10-11,16-17,19-20,23-25,27-28,39,44,47,53,56,62H,4-6,9,12-15,18,21-22,26,29-38,40-43,45-46,48-52,54-55,57-61H2,1-3H3/b10-7-,11-8-,19-16-,20-17-,25-23-,28-27-,39-24-,47-44-,56-53-. The minimum atomic E-state index is -0.830. The van der Waals surface area contributed by atoms with E-state index in [1.165, 1.54) is 128 Å². The lowest BCUT2D eigenvalue weighted by Gasteiger charge is -2.18. The van der Waals surface area contributed by atoms with E-state index >= 15 is 0 Å². The quantitative estimate of drug-likeness (QED) is 0.0261. The average Bonchev–Trinajstić information content (AvgIpc) is 3.37. The van der Waals surface area contributed by atoms with Crippen LogP contribution >= 0.6 is 0 Å². The van der Waals surface area contributed by atoms with Crippen molar-refractivity contribution in [2.45, 2.75) is 271 Å². The Balaban J connectivity index is 4.21. The summed E-state index contributed by atoms with van der Waals surface area (Å²) < 4.78 is 16.7. The largest absolute Gasteiger partial charge is 0.462 e. The molecular formula is C65H108O6. The zero-order chi connectivity index (χ0) is 51.4. The van der Waals surface area contributed by atoms with Gasteiger partial charge in [-0.15, -0.1) is 0 Å². The summed E-state index contributed by atoms with van der Waals surface area (Å²) in [6, 6.07) is 0. The maximum Gasteiger partial charge on any atom is 0.310 e. The van der Waals surface area contributed by atoms with E-state index in [0.717, 1.165) is 96.3 Å². The minimum absolute atomic E-state index is 0.0969. The van der Waals surface area contributed by atoms with Gasteiger partial charge in [-0.2, -0.15) is 0 Å². The Morgan fingerprint density at radius 2 is 0.592 bits per heavy atom. The predicted octanol–water partition coefficient (Wildman–Crippen LogP) is 19.9. The third-order valence-corrected chi connectivity index (χ3v) is 12.3. The van der Waals surface area contributed by atoms with Crippen LogP contribution in [0.4, 0.5) is 0 Å². The third-order valence-electron chi connectivity index (χ3n) is 12.3. The van der Waals surface area contributed by atoms with Crippen molar-refractivity contribution in [2.24, 2.45) is 0 Å². The molecule has 0 aliphatic carbocycles. The number of allylic oxidation sites excluding steroid dienone is 17. The number of carbonyl (C=O) groups excluding carboxylic acids is 3. The van der Waals surface area contributed by atoms with Gasteiger partial charge in [0.05, 0.1) is 6.42 Å². The molecule has 0 bridgehead atoms.